The predicted octanol–water partition coefficient (Wildman–Crippen LogP) is 1.83. The van der Waals surface area contributed by atoms with Gasteiger partial charge in [0, 0.05) is 31.6 Å². The smallest absolute Gasteiger partial charge is 0.253 e. The fourth-order valence-electron chi connectivity index (χ4n) is 3.76. The van der Waals surface area contributed by atoms with E-state index in [0.717, 1.165) is 18.5 Å². The Morgan fingerprint density at radius 1 is 1.19 bits per heavy atom. The van der Waals surface area contributed by atoms with Crippen LogP contribution in [0, 0.1) is 19.8 Å². The van der Waals surface area contributed by atoms with Gasteiger partial charge in [-0.25, -0.2) is 13.4 Å². The Hall–Kier alpha value is -2.00. The van der Waals surface area contributed by atoms with Crippen molar-refractivity contribution in [2.24, 2.45) is 5.92 Å². The highest BCUT2D eigenvalue weighted by Gasteiger charge is 2.34. The Kier molecular flexibility index (Phi) is 4.67. The number of hydrogen-bond acceptors (Lipinski definition) is 6. The van der Waals surface area contributed by atoms with Crippen molar-refractivity contribution in [3.63, 3.8) is 0 Å². The molecule has 0 unspecified atom stereocenters. The average Bonchev–Trinajstić information content (AvgIpc) is 3.42. The predicted molar refractivity (Wildman–Crippen MR) is 97.9 cm³/mol. The molecule has 0 amide bonds. The normalized spacial score (nSPS) is 19.5. The van der Waals surface area contributed by atoms with E-state index in [1.807, 2.05) is 0 Å². The van der Waals surface area contributed by atoms with Crippen LogP contribution >= 0.6 is 0 Å². The van der Waals surface area contributed by atoms with E-state index in [1.165, 1.54) is 4.31 Å². The van der Waals surface area contributed by atoms with Crippen LogP contribution in [-0.4, -0.2) is 40.5 Å². The second-order valence-corrected chi connectivity index (χ2v) is 9.45. The van der Waals surface area contributed by atoms with E-state index in [2.05, 4.69) is 10.1 Å². The van der Waals surface area contributed by atoms with Gasteiger partial charge in [0.25, 0.3) is 5.56 Å². The number of sulfonamides is 1. The zero-order valence-corrected chi connectivity index (χ0v) is 16.4. The van der Waals surface area contributed by atoms with E-state index in [-0.39, 0.29) is 16.4 Å². The van der Waals surface area contributed by atoms with Gasteiger partial charge in [-0.15, -0.1) is 0 Å². The summed E-state index contributed by atoms with van der Waals surface area (Å²) in [7, 11) is -3.60. The lowest BCUT2D eigenvalue weighted by Gasteiger charge is -2.31. The van der Waals surface area contributed by atoms with Gasteiger partial charge < -0.3 is 4.52 Å². The molecule has 9 heteroatoms. The van der Waals surface area contributed by atoms with Crippen LogP contribution < -0.4 is 5.56 Å². The summed E-state index contributed by atoms with van der Waals surface area (Å²) in [6.45, 7) is 4.69. The fourth-order valence-corrected chi connectivity index (χ4v) is 5.52. The summed E-state index contributed by atoms with van der Waals surface area (Å²) in [5, 5.41) is 3.76. The number of aromatic nitrogens is 3. The van der Waals surface area contributed by atoms with E-state index in [4.69, 9.17) is 4.52 Å². The molecule has 0 spiro atoms. The quantitative estimate of drug-likeness (QED) is 0.770. The summed E-state index contributed by atoms with van der Waals surface area (Å²) in [5.74, 6) is 1.04. The molecule has 3 heterocycles. The Balaban J connectivity index is 1.41. The van der Waals surface area contributed by atoms with Gasteiger partial charge in [-0.2, -0.15) is 4.31 Å². The third-order valence-electron chi connectivity index (χ3n) is 5.49. The van der Waals surface area contributed by atoms with Gasteiger partial charge in [0.2, 0.25) is 10.0 Å². The summed E-state index contributed by atoms with van der Waals surface area (Å²) in [6.07, 6.45) is 5.30. The van der Waals surface area contributed by atoms with Gasteiger partial charge in [-0.3, -0.25) is 9.36 Å². The molecule has 2 aliphatic rings. The molecule has 27 heavy (non-hydrogen) atoms. The zero-order chi connectivity index (χ0) is 19.2. The molecule has 1 aliphatic carbocycles. The number of nitrogens with zero attached hydrogens (tertiary/aromatic N) is 4. The largest absolute Gasteiger partial charge is 0.360 e. The van der Waals surface area contributed by atoms with Gasteiger partial charge in [0.05, 0.1) is 12.0 Å². The zero-order valence-electron chi connectivity index (χ0n) is 15.6. The summed E-state index contributed by atoms with van der Waals surface area (Å²) in [4.78, 5) is 16.9. The van der Waals surface area contributed by atoms with Crippen LogP contribution in [0.15, 0.2) is 26.6 Å². The van der Waals surface area contributed by atoms with Crippen molar-refractivity contribution in [1.82, 2.24) is 19.0 Å². The maximum atomic E-state index is 12.9. The third-order valence-corrected chi connectivity index (χ3v) is 7.63. The van der Waals surface area contributed by atoms with Gasteiger partial charge in [-0.05, 0) is 45.4 Å². The summed E-state index contributed by atoms with van der Waals surface area (Å²) in [5.41, 5.74) is 1.28. The van der Waals surface area contributed by atoms with E-state index in [0.29, 0.717) is 49.8 Å². The lowest BCUT2D eigenvalue weighted by molar-refractivity contribution is 0.250. The first kappa shape index (κ1) is 18.4. The molecule has 0 atom stereocenters. The number of rotatable bonds is 5. The maximum Gasteiger partial charge on any atom is 0.253 e. The highest BCUT2D eigenvalue weighted by Crippen LogP contribution is 2.38. The molecule has 146 valence electrons. The molecule has 0 aromatic carbocycles. The topological polar surface area (TPSA) is 98.3 Å². The van der Waals surface area contributed by atoms with Crippen LogP contribution in [0.25, 0.3) is 0 Å². The lowest BCUT2D eigenvalue weighted by Crippen LogP contribution is -2.40. The number of piperidine rings is 1. The molecule has 1 aliphatic heterocycles. The maximum absolute atomic E-state index is 12.9. The van der Waals surface area contributed by atoms with Gasteiger partial charge in [0.1, 0.15) is 10.6 Å². The summed E-state index contributed by atoms with van der Waals surface area (Å²) >= 11 is 0. The van der Waals surface area contributed by atoms with Crippen LogP contribution in [-0.2, 0) is 16.6 Å². The first-order valence-electron chi connectivity index (χ1n) is 9.35. The van der Waals surface area contributed by atoms with Crippen molar-refractivity contribution in [3.8, 4) is 0 Å². The monoisotopic (exact) mass is 392 g/mol. The Bertz CT molecular complexity index is 979. The Labute approximate surface area is 158 Å². The van der Waals surface area contributed by atoms with Crippen molar-refractivity contribution < 1.29 is 12.9 Å². The van der Waals surface area contributed by atoms with E-state index in [1.54, 1.807) is 30.8 Å². The first-order chi connectivity index (χ1) is 12.9. The highest BCUT2D eigenvalue weighted by atomic mass is 32.2. The minimum Gasteiger partial charge on any atom is -0.360 e. The standard InChI is InChI=1S/C18H24N4O4S/c1-12-18(13(2)26-20-12)27(24,25)22-7-5-14(6-8-22)10-21-11-19-16(9-17(21)23)15-3-4-15/h9,11,14-15H,3-8,10H2,1-2H3. The van der Waals surface area contributed by atoms with Crippen LogP contribution in [0.4, 0.5) is 0 Å². The molecule has 0 bridgehead atoms. The molecule has 1 saturated carbocycles. The molecule has 0 N–H and O–H groups in total. The van der Waals surface area contributed by atoms with Crippen LogP contribution in [0.3, 0.4) is 0 Å². The molecule has 8 nitrogen and oxygen atoms in total. The first-order valence-corrected chi connectivity index (χ1v) is 10.8. The molecule has 2 aromatic heterocycles. The van der Waals surface area contributed by atoms with Crippen molar-refractivity contribution in [1.29, 1.82) is 0 Å². The summed E-state index contributed by atoms with van der Waals surface area (Å²) < 4.78 is 33.9. The molecule has 4 rings (SSSR count). The molecule has 2 aromatic rings. The molecular formula is C18H24N4O4S. The molecule has 1 saturated heterocycles. The minimum atomic E-state index is -3.60. The van der Waals surface area contributed by atoms with Crippen molar-refractivity contribution in [2.45, 2.75) is 56.9 Å². The van der Waals surface area contributed by atoms with Crippen molar-refractivity contribution >= 4 is 10.0 Å². The van der Waals surface area contributed by atoms with Crippen LogP contribution in [0.5, 0.6) is 0 Å². The third kappa shape index (κ3) is 3.58. The molecule has 0 radical (unpaired) electrons. The lowest BCUT2D eigenvalue weighted by atomic mass is 9.98. The number of aryl methyl sites for hydroxylation is 2. The van der Waals surface area contributed by atoms with Gasteiger partial charge in [-0.1, -0.05) is 5.16 Å². The Morgan fingerprint density at radius 3 is 2.44 bits per heavy atom. The van der Waals surface area contributed by atoms with Crippen molar-refractivity contribution in [3.05, 3.63) is 39.9 Å². The summed E-state index contributed by atoms with van der Waals surface area (Å²) in [6, 6.07) is 1.65. The SMILES string of the molecule is Cc1noc(C)c1S(=O)(=O)N1CCC(Cn2cnc(C3CC3)cc2=O)CC1. The van der Waals surface area contributed by atoms with Crippen LogP contribution in [0.2, 0.25) is 0 Å². The van der Waals surface area contributed by atoms with Gasteiger partial charge in [0.15, 0.2) is 5.76 Å². The second kappa shape index (κ2) is 6.87. The molecular weight excluding hydrogens is 368 g/mol. The second-order valence-electron chi connectivity index (χ2n) is 7.58. The molecule has 2 fully saturated rings. The Morgan fingerprint density at radius 2 is 1.89 bits per heavy atom. The van der Waals surface area contributed by atoms with Crippen molar-refractivity contribution in [2.75, 3.05) is 13.1 Å². The number of hydrogen-bond donors (Lipinski definition) is 0. The van der Waals surface area contributed by atoms with E-state index in [9.17, 15) is 13.2 Å². The average molecular weight is 392 g/mol. The van der Waals surface area contributed by atoms with E-state index < -0.39 is 10.0 Å². The minimum absolute atomic E-state index is 0.0160. The van der Waals surface area contributed by atoms with E-state index >= 15 is 0 Å². The fraction of sp³-hybridized carbons (Fsp3) is 0.611. The van der Waals surface area contributed by atoms with Gasteiger partial charge >= 0.3 is 0 Å². The van der Waals surface area contributed by atoms with Crippen LogP contribution in [0.1, 0.15) is 48.7 Å². The highest BCUT2D eigenvalue weighted by molar-refractivity contribution is 7.89.